The number of likely N-dealkylation sites (tertiary alicyclic amines) is 1. The highest BCUT2D eigenvalue weighted by Crippen LogP contribution is 2.38. The molecule has 0 radical (unpaired) electrons. The molecule has 4 nitrogen and oxygen atoms in total. The molecule has 0 bridgehead atoms. The minimum Gasteiger partial charge on any atom is -0.481 e. The van der Waals surface area contributed by atoms with Gasteiger partial charge < -0.3 is 10.2 Å². The molecule has 21 heavy (non-hydrogen) atoms. The van der Waals surface area contributed by atoms with Crippen LogP contribution in [0.1, 0.15) is 37.7 Å². The average Bonchev–Trinajstić information content (AvgIpc) is 2.94. The lowest BCUT2D eigenvalue weighted by molar-refractivity contribution is -0.146. The molecule has 0 aromatic heterocycles. The Morgan fingerprint density at radius 3 is 2.33 bits per heavy atom. The lowest BCUT2D eigenvalue weighted by Gasteiger charge is -2.42. The molecule has 0 amide bonds. The van der Waals surface area contributed by atoms with E-state index in [0.717, 1.165) is 37.9 Å². The first kappa shape index (κ1) is 14.5. The molecule has 1 aromatic carbocycles. The number of hydrogen-bond acceptors (Lipinski definition) is 3. The smallest absolute Gasteiger partial charge is 0.314 e. The summed E-state index contributed by atoms with van der Waals surface area (Å²) < 4.78 is 0. The van der Waals surface area contributed by atoms with Gasteiger partial charge in [-0.3, -0.25) is 9.69 Å². The van der Waals surface area contributed by atoms with Crippen LogP contribution >= 0.6 is 0 Å². The number of aliphatic hydroxyl groups is 1. The molecule has 2 fully saturated rings. The monoisotopic (exact) mass is 289 g/mol. The molecule has 1 heterocycles. The lowest BCUT2D eigenvalue weighted by Crippen LogP contribution is -2.51. The summed E-state index contributed by atoms with van der Waals surface area (Å²) in [7, 11) is 0. The van der Waals surface area contributed by atoms with Crippen molar-refractivity contribution >= 4 is 5.97 Å². The summed E-state index contributed by atoms with van der Waals surface area (Å²) in [4.78, 5) is 14.2. The summed E-state index contributed by atoms with van der Waals surface area (Å²) in [6.45, 7) is 1.51. The van der Waals surface area contributed by atoms with Crippen molar-refractivity contribution in [3.63, 3.8) is 0 Å². The summed E-state index contributed by atoms with van der Waals surface area (Å²) in [5.41, 5.74) is 0.144. The molecule has 1 aromatic rings. The first-order valence-electron chi connectivity index (χ1n) is 7.84. The number of carbonyl (C=O) groups is 1. The zero-order chi connectivity index (χ0) is 14.9. The fourth-order valence-electron chi connectivity index (χ4n) is 3.97. The van der Waals surface area contributed by atoms with E-state index >= 15 is 0 Å². The maximum absolute atomic E-state index is 11.9. The minimum absolute atomic E-state index is 0.229. The lowest BCUT2D eigenvalue weighted by atomic mass is 9.72. The molecule has 2 N–H and O–H groups in total. The zero-order valence-corrected chi connectivity index (χ0v) is 12.2. The Balaban J connectivity index is 1.76. The van der Waals surface area contributed by atoms with E-state index in [9.17, 15) is 15.0 Å². The van der Waals surface area contributed by atoms with Crippen LogP contribution in [0.25, 0.3) is 0 Å². The van der Waals surface area contributed by atoms with Crippen LogP contribution in [0.5, 0.6) is 0 Å². The molecular weight excluding hydrogens is 266 g/mol. The second-order valence-electron chi connectivity index (χ2n) is 6.35. The average molecular weight is 289 g/mol. The van der Waals surface area contributed by atoms with Crippen molar-refractivity contribution in [2.24, 2.45) is 0 Å². The Morgan fingerprint density at radius 2 is 1.81 bits per heavy atom. The number of rotatable bonds is 3. The van der Waals surface area contributed by atoms with Crippen LogP contribution in [0, 0.1) is 0 Å². The van der Waals surface area contributed by atoms with Crippen molar-refractivity contribution in [3.05, 3.63) is 35.9 Å². The molecule has 1 aliphatic heterocycles. The Labute approximate surface area is 125 Å². The predicted molar refractivity (Wildman–Crippen MR) is 80.2 cm³/mol. The predicted octanol–water partition coefficient (Wildman–Crippen LogP) is 2.02. The van der Waals surface area contributed by atoms with Gasteiger partial charge in [-0.05, 0) is 50.8 Å². The van der Waals surface area contributed by atoms with Gasteiger partial charge in [-0.1, -0.05) is 30.3 Å². The highest BCUT2D eigenvalue weighted by molar-refractivity contribution is 5.81. The van der Waals surface area contributed by atoms with E-state index in [4.69, 9.17) is 0 Å². The molecule has 1 saturated carbocycles. The summed E-state index contributed by atoms with van der Waals surface area (Å²) in [6.07, 6.45) is 3.99. The third-order valence-electron chi connectivity index (χ3n) is 5.30. The highest BCUT2D eigenvalue weighted by atomic mass is 16.4. The van der Waals surface area contributed by atoms with Crippen molar-refractivity contribution in [2.75, 3.05) is 13.1 Å². The SMILES string of the molecule is O=C(O)C1(c2ccccc2)CCN(C2CCCC2O)CC1. The summed E-state index contributed by atoms with van der Waals surface area (Å²) in [5, 5.41) is 19.8. The summed E-state index contributed by atoms with van der Waals surface area (Å²) in [6, 6.07) is 9.82. The molecule has 114 valence electrons. The van der Waals surface area contributed by atoms with Crippen molar-refractivity contribution in [1.29, 1.82) is 0 Å². The standard InChI is InChI=1S/C17H23NO3/c19-15-8-4-7-14(15)18-11-9-17(10-12-18,16(20)21)13-5-2-1-3-6-13/h1-3,5-6,14-15,19H,4,7-12H2,(H,20,21). The topological polar surface area (TPSA) is 60.8 Å². The maximum atomic E-state index is 11.9. The number of carboxylic acids is 1. The Bertz CT molecular complexity index is 494. The Hall–Kier alpha value is -1.39. The van der Waals surface area contributed by atoms with Gasteiger partial charge in [-0.15, -0.1) is 0 Å². The fourth-order valence-corrected chi connectivity index (χ4v) is 3.97. The van der Waals surface area contributed by atoms with Crippen LogP contribution in [0.3, 0.4) is 0 Å². The number of carboxylic acid groups (broad SMARTS) is 1. The number of hydrogen-bond donors (Lipinski definition) is 2. The maximum Gasteiger partial charge on any atom is 0.314 e. The molecule has 2 aliphatic rings. The van der Waals surface area contributed by atoms with E-state index in [1.54, 1.807) is 0 Å². The van der Waals surface area contributed by atoms with Crippen molar-refractivity contribution < 1.29 is 15.0 Å². The van der Waals surface area contributed by atoms with Gasteiger partial charge in [-0.25, -0.2) is 0 Å². The van der Waals surface area contributed by atoms with E-state index in [1.165, 1.54) is 0 Å². The number of piperidine rings is 1. The molecule has 1 aliphatic carbocycles. The van der Waals surface area contributed by atoms with Gasteiger partial charge in [-0.2, -0.15) is 0 Å². The molecule has 4 heteroatoms. The first-order chi connectivity index (χ1) is 10.1. The van der Waals surface area contributed by atoms with Gasteiger partial charge in [0.25, 0.3) is 0 Å². The zero-order valence-electron chi connectivity index (χ0n) is 12.2. The van der Waals surface area contributed by atoms with E-state index in [0.29, 0.717) is 12.8 Å². The van der Waals surface area contributed by atoms with Crippen LogP contribution < -0.4 is 0 Å². The molecular formula is C17H23NO3. The second kappa shape index (κ2) is 5.78. The molecule has 2 unspecified atom stereocenters. The van der Waals surface area contributed by atoms with Crippen LogP contribution in [0.15, 0.2) is 30.3 Å². The molecule has 0 spiro atoms. The van der Waals surface area contributed by atoms with Gasteiger partial charge in [0.15, 0.2) is 0 Å². The number of benzene rings is 1. The molecule has 2 atom stereocenters. The number of aliphatic carboxylic acids is 1. The fraction of sp³-hybridized carbons (Fsp3) is 0.588. The number of nitrogens with zero attached hydrogens (tertiary/aromatic N) is 1. The normalized spacial score (nSPS) is 29.4. The van der Waals surface area contributed by atoms with Gasteiger partial charge in [0.1, 0.15) is 0 Å². The van der Waals surface area contributed by atoms with Crippen molar-refractivity contribution in [1.82, 2.24) is 4.90 Å². The number of aliphatic hydroxyl groups excluding tert-OH is 1. The quantitative estimate of drug-likeness (QED) is 0.893. The van der Waals surface area contributed by atoms with E-state index < -0.39 is 11.4 Å². The van der Waals surface area contributed by atoms with E-state index in [-0.39, 0.29) is 12.1 Å². The Morgan fingerprint density at radius 1 is 1.14 bits per heavy atom. The van der Waals surface area contributed by atoms with Crippen LogP contribution in [-0.2, 0) is 10.2 Å². The van der Waals surface area contributed by atoms with Crippen LogP contribution in [0.4, 0.5) is 0 Å². The minimum atomic E-state index is -0.763. The van der Waals surface area contributed by atoms with E-state index in [2.05, 4.69) is 4.90 Å². The van der Waals surface area contributed by atoms with Gasteiger partial charge in [0.2, 0.25) is 0 Å². The Kier molecular flexibility index (Phi) is 4.00. The first-order valence-corrected chi connectivity index (χ1v) is 7.84. The highest BCUT2D eigenvalue weighted by Gasteiger charge is 2.45. The summed E-state index contributed by atoms with van der Waals surface area (Å²) >= 11 is 0. The third kappa shape index (κ3) is 2.58. The largest absolute Gasteiger partial charge is 0.481 e. The van der Waals surface area contributed by atoms with Gasteiger partial charge in [0, 0.05) is 6.04 Å². The summed E-state index contributed by atoms with van der Waals surface area (Å²) in [5.74, 6) is -0.722. The molecule has 3 rings (SSSR count). The van der Waals surface area contributed by atoms with Gasteiger partial charge >= 0.3 is 5.97 Å². The molecule has 1 saturated heterocycles. The van der Waals surface area contributed by atoms with Crippen molar-refractivity contribution in [2.45, 2.75) is 49.7 Å². The van der Waals surface area contributed by atoms with Crippen molar-refractivity contribution in [3.8, 4) is 0 Å². The third-order valence-corrected chi connectivity index (χ3v) is 5.30. The van der Waals surface area contributed by atoms with Gasteiger partial charge in [0.05, 0.1) is 11.5 Å². The van der Waals surface area contributed by atoms with Crippen LogP contribution in [-0.4, -0.2) is 46.3 Å². The van der Waals surface area contributed by atoms with Crippen LogP contribution in [0.2, 0.25) is 0 Å². The van der Waals surface area contributed by atoms with E-state index in [1.807, 2.05) is 30.3 Å². The second-order valence-corrected chi connectivity index (χ2v) is 6.35.